The van der Waals surface area contributed by atoms with Crippen molar-refractivity contribution in [2.24, 2.45) is 11.7 Å². The molecule has 0 heterocycles. The van der Waals surface area contributed by atoms with Crippen LogP contribution in [0.1, 0.15) is 20.3 Å². The van der Waals surface area contributed by atoms with Crippen LogP contribution in [0.2, 0.25) is 0 Å². The summed E-state index contributed by atoms with van der Waals surface area (Å²) in [5, 5.41) is 0. The highest BCUT2D eigenvalue weighted by molar-refractivity contribution is 5.81. The number of hydrogen-bond acceptors (Lipinski definition) is 3. The van der Waals surface area contributed by atoms with Crippen molar-refractivity contribution >= 4 is 5.97 Å². The second kappa shape index (κ2) is 5.77. The minimum absolute atomic E-state index is 0.180. The molecule has 3 heteroatoms. The Bertz CT molecular complexity index is 157. The van der Waals surface area contributed by atoms with E-state index in [1.165, 1.54) is 0 Å². The first-order valence-electron chi connectivity index (χ1n) is 4.18. The zero-order chi connectivity index (χ0) is 9.56. The molecule has 0 saturated carbocycles. The van der Waals surface area contributed by atoms with Gasteiger partial charge in [-0.15, -0.1) is 0 Å². The predicted octanol–water partition coefficient (Wildman–Crippen LogP) is 1.09. The third-order valence-electron chi connectivity index (χ3n) is 1.95. The lowest BCUT2D eigenvalue weighted by Gasteiger charge is -2.20. The molecule has 0 aliphatic rings. The fraction of sp³-hybridized carbons (Fsp3) is 0.667. The molecule has 12 heavy (non-hydrogen) atoms. The van der Waals surface area contributed by atoms with Gasteiger partial charge in [0, 0.05) is 12.6 Å². The van der Waals surface area contributed by atoms with E-state index in [9.17, 15) is 4.79 Å². The number of esters is 1. The number of rotatable bonds is 5. The molecular formula is C9H17NO2. The van der Waals surface area contributed by atoms with E-state index in [2.05, 4.69) is 6.58 Å². The average molecular weight is 171 g/mol. The molecule has 2 unspecified atom stereocenters. The van der Waals surface area contributed by atoms with Crippen LogP contribution in [0, 0.1) is 5.92 Å². The monoisotopic (exact) mass is 171 g/mol. The Morgan fingerprint density at radius 1 is 1.75 bits per heavy atom. The largest absolute Gasteiger partial charge is 0.458 e. The van der Waals surface area contributed by atoms with Crippen LogP contribution < -0.4 is 5.73 Å². The molecule has 0 aliphatic carbocycles. The quantitative estimate of drug-likeness (QED) is 0.497. The summed E-state index contributed by atoms with van der Waals surface area (Å²) in [5.41, 5.74) is 5.44. The molecule has 0 radical (unpaired) electrons. The second-order valence-electron chi connectivity index (χ2n) is 2.80. The van der Waals surface area contributed by atoms with Gasteiger partial charge in [0.1, 0.15) is 6.10 Å². The molecule has 70 valence electrons. The number of ether oxygens (including phenoxy) is 1. The third kappa shape index (κ3) is 3.53. The summed E-state index contributed by atoms with van der Waals surface area (Å²) in [4.78, 5) is 10.8. The summed E-state index contributed by atoms with van der Waals surface area (Å²) in [6.45, 7) is 7.73. The van der Waals surface area contributed by atoms with Crippen molar-refractivity contribution in [1.82, 2.24) is 0 Å². The van der Waals surface area contributed by atoms with Crippen molar-refractivity contribution in [2.75, 3.05) is 6.54 Å². The van der Waals surface area contributed by atoms with Crippen molar-refractivity contribution in [2.45, 2.75) is 26.4 Å². The molecule has 0 amide bonds. The molecule has 0 fully saturated rings. The van der Waals surface area contributed by atoms with Gasteiger partial charge in [0.25, 0.3) is 0 Å². The van der Waals surface area contributed by atoms with Crippen LogP contribution in [0.5, 0.6) is 0 Å². The van der Waals surface area contributed by atoms with Gasteiger partial charge >= 0.3 is 5.97 Å². The van der Waals surface area contributed by atoms with E-state index in [-0.39, 0.29) is 6.10 Å². The molecule has 0 aromatic rings. The summed E-state index contributed by atoms with van der Waals surface area (Å²) in [6.07, 6.45) is 1.93. The van der Waals surface area contributed by atoms with Crippen molar-refractivity contribution in [1.29, 1.82) is 0 Å². The van der Waals surface area contributed by atoms with E-state index in [0.717, 1.165) is 12.5 Å². The summed E-state index contributed by atoms with van der Waals surface area (Å²) in [5.74, 6) is -0.0929. The van der Waals surface area contributed by atoms with Gasteiger partial charge in [-0.05, 0) is 12.3 Å². The fourth-order valence-electron chi connectivity index (χ4n) is 0.857. The lowest BCUT2D eigenvalue weighted by atomic mass is 10.0. The SMILES string of the molecule is C=CC(=O)OC(CN)C(C)CC. The first-order chi connectivity index (χ1) is 5.65. The molecule has 2 atom stereocenters. The minimum atomic E-state index is -0.397. The van der Waals surface area contributed by atoms with E-state index in [1.54, 1.807) is 0 Å². The Morgan fingerprint density at radius 2 is 2.33 bits per heavy atom. The van der Waals surface area contributed by atoms with E-state index in [0.29, 0.717) is 12.5 Å². The molecule has 0 saturated heterocycles. The van der Waals surface area contributed by atoms with Gasteiger partial charge in [-0.1, -0.05) is 20.4 Å². The van der Waals surface area contributed by atoms with Crippen LogP contribution in [0.15, 0.2) is 12.7 Å². The highest BCUT2D eigenvalue weighted by atomic mass is 16.5. The first-order valence-corrected chi connectivity index (χ1v) is 4.18. The molecule has 0 bridgehead atoms. The summed E-state index contributed by atoms with van der Waals surface area (Å²) in [7, 11) is 0. The predicted molar refractivity (Wildman–Crippen MR) is 48.6 cm³/mol. The molecule has 3 nitrogen and oxygen atoms in total. The van der Waals surface area contributed by atoms with E-state index < -0.39 is 5.97 Å². The lowest BCUT2D eigenvalue weighted by molar-refractivity contribution is -0.144. The highest BCUT2D eigenvalue weighted by Crippen LogP contribution is 2.10. The summed E-state index contributed by atoms with van der Waals surface area (Å²) in [6, 6.07) is 0. The molecule has 0 spiro atoms. The normalized spacial score (nSPS) is 14.9. The van der Waals surface area contributed by atoms with Crippen molar-refractivity contribution < 1.29 is 9.53 Å². The van der Waals surface area contributed by atoms with Gasteiger partial charge in [0.05, 0.1) is 0 Å². The molecule has 0 rings (SSSR count). The van der Waals surface area contributed by atoms with Gasteiger partial charge in [0.15, 0.2) is 0 Å². The molecule has 0 aromatic carbocycles. The number of nitrogens with two attached hydrogens (primary N) is 1. The standard InChI is InChI=1S/C9H17NO2/c1-4-7(3)8(6-10)12-9(11)5-2/h5,7-8H,2,4,6,10H2,1,3H3. The third-order valence-corrected chi connectivity index (χ3v) is 1.95. The second-order valence-corrected chi connectivity index (χ2v) is 2.80. The minimum Gasteiger partial charge on any atom is -0.458 e. The van der Waals surface area contributed by atoms with E-state index in [1.807, 2.05) is 13.8 Å². The van der Waals surface area contributed by atoms with Crippen molar-refractivity contribution in [3.05, 3.63) is 12.7 Å². The van der Waals surface area contributed by atoms with Gasteiger partial charge in [-0.3, -0.25) is 0 Å². The number of hydrogen-bond donors (Lipinski definition) is 1. The van der Waals surface area contributed by atoms with Crippen molar-refractivity contribution in [3.63, 3.8) is 0 Å². The Hall–Kier alpha value is -0.830. The smallest absolute Gasteiger partial charge is 0.330 e. The maximum absolute atomic E-state index is 10.8. The lowest BCUT2D eigenvalue weighted by Crippen LogP contribution is -2.31. The van der Waals surface area contributed by atoms with Gasteiger partial charge in [0.2, 0.25) is 0 Å². The van der Waals surface area contributed by atoms with Crippen LogP contribution in [0.25, 0.3) is 0 Å². The van der Waals surface area contributed by atoms with Gasteiger partial charge in [-0.25, -0.2) is 4.79 Å². The first kappa shape index (κ1) is 11.2. The van der Waals surface area contributed by atoms with Gasteiger partial charge in [-0.2, -0.15) is 0 Å². The maximum atomic E-state index is 10.8. The van der Waals surface area contributed by atoms with Crippen LogP contribution in [0.3, 0.4) is 0 Å². The Balaban J connectivity index is 3.98. The van der Waals surface area contributed by atoms with Crippen LogP contribution in [-0.4, -0.2) is 18.6 Å². The van der Waals surface area contributed by atoms with Crippen molar-refractivity contribution in [3.8, 4) is 0 Å². The zero-order valence-corrected chi connectivity index (χ0v) is 7.75. The molecule has 2 N–H and O–H groups in total. The molecule has 0 aromatic heterocycles. The Morgan fingerprint density at radius 3 is 2.67 bits per heavy atom. The zero-order valence-electron chi connectivity index (χ0n) is 7.75. The Kier molecular flexibility index (Phi) is 5.37. The summed E-state index contributed by atoms with van der Waals surface area (Å²) >= 11 is 0. The molecular weight excluding hydrogens is 154 g/mol. The topological polar surface area (TPSA) is 52.3 Å². The van der Waals surface area contributed by atoms with Crippen LogP contribution >= 0.6 is 0 Å². The molecule has 0 aliphatic heterocycles. The number of carbonyl (C=O) groups excluding carboxylic acids is 1. The number of carbonyl (C=O) groups is 1. The van der Waals surface area contributed by atoms with Crippen LogP contribution in [-0.2, 0) is 9.53 Å². The van der Waals surface area contributed by atoms with E-state index in [4.69, 9.17) is 10.5 Å². The van der Waals surface area contributed by atoms with Crippen LogP contribution in [0.4, 0.5) is 0 Å². The summed E-state index contributed by atoms with van der Waals surface area (Å²) < 4.78 is 5.02. The maximum Gasteiger partial charge on any atom is 0.330 e. The highest BCUT2D eigenvalue weighted by Gasteiger charge is 2.16. The fourth-order valence-corrected chi connectivity index (χ4v) is 0.857. The Labute approximate surface area is 73.6 Å². The van der Waals surface area contributed by atoms with Gasteiger partial charge < -0.3 is 10.5 Å². The average Bonchev–Trinajstić information content (AvgIpc) is 2.12. The van der Waals surface area contributed by atoms with E-state index >= 15 is 0 Å².